The molecule has 0 aromatic heterocycles. The van der Waals surface area contributed by atoms with E-state index >= 15 is 0 Å². The van der Waals surface area contributed by atoms with E-state index in [1.54, 1.807) is 0 Å². The zero-order valence-corrected chi connectivity index (χ0v) is 4.85. The Kier molecular flexibility index (Phi) is 108. The van der Waals surface area contributed by atoms with Gasteiger partial charge in [-0.15, -0.1) is 0 Å². The number of hydrogen-bond acceptors (Lipinski definition) is 0. The Morgan fingerprint density at radius 2 is 1.00 bits per heavy atom. The van der Waals surface area contributed by atoms with Crippen LogP contribution < -0.4 is 0 Å². The minimum atomic E-state index is 0. The first-order valence-corrected chi connectivity index (χ1v) is 0. The quantitative estimate of drug-likeness (QED) is 0.439. The summed E-state index contributed by atoms with van der Waals surface area (Å²) in [5.74, 6) is 0. The molecular weight excluding hydrogens is 301 g/mol. The molecule has 4 heavy (non-hydrogen) atoms. The summed E-state index contributed by atoms with van der Waals surface area (Å²) in [7, 11) is 0. The Labute approximate surface area is 99.3 Å². The minimum Gasteiger partial charge on any atom is 0 e. The second-order valence-electron chi connectivity index (χ2n) is 0. The Bertz CT molecular complexity index is 8.00. The summed E-state index contributed by atoms with van der Waals surface area (Å²) < 4.78 is 0. The van der Waals surface area contributed by atoms with Gasteiger partial charge < -0.3 is 0 Å². The molecule has 0 saturated carbocycles. The molecule has 0 spiro atoms. The molecule has 0 fully saturated rings. The predicted molar refractivity (Wildman–Crippen MR) is 19.9 cm³/mol. The van der Waals surface area contributed by atoms with E-state index in [1.165, 1.54) is 0 Å². The van der Waals surface area contributed by atoms with Crippen molar-refractivity contribution in [1.82, 2.24) is 0 Å². The van der Waals surface area contributed by atoms with Crippen molar-refractivity contribution in [2.24, 2.45) is 0 Å². The molecule has 0 aliphatic carbocycles. The number of hydrogen-bond donors (Lipinski definition) is 0. The van der Waals surface area contributed by atoms with Gasteiger partial charge in [-0.2, -0.15) is 0 Å². The van der Waals surface area contributed by atoms with Crippen LogP contribution in [0.15, 0.2) is 0 Å². The van der Waals surface area contributed by atoms with E-state index in [9.17, 15) is 0 Å². The van der Waals surface area contributed by atoms with Gasteiger partial charge in [-0.1, -0.05) is 0 Å². The van der Waals surface area contributed by atoms with Crippen LogP contribution in [0.4, 0.5) is 0 Å². The molecule has 0 heterocycles. The standard InChI is InChI=1S/Al.Ga.Sc.Tb.6H. The van der Waals surface area contributed by atoms with Crippen LogP contribution in [-0.4, -0.2) is 37.2 Å². The number of rotatable bonds is 0. The monoisotopic (exact) mass is 306 g/mol. The van der Waals surface area contributed by atoms with Gasteiger partial charge in [0.2, 0.25) is 0 Å². The normalized spacial score (nSPS) is 0. The molecule has 0 aromatic carbocycles. The molecule has 0 aliphatic rings. The first-order chi connectivity index (χ1) is 0. The zero-order chi connectivity index (χ0) is 0. The van der Waals surface area contributed by atoms with Crippen molar-refractivity contribution in [3.8, 4) is 0 Å². The summed E-state index contributed by atoms with van der Waals surface area (Å²) >= 11 is 0. The van der Waals surface area contributed by atoms with Gasteiger partial charge in [0, 0.05) is 64.5 Å². The van der Waals surface area contributed by atoms with Gasteiger partial charge in [-0.25, -0.2) is 0 Å². The van der Waals surface area contributed by atoms with Gasteiger partial charge in [-0.3, -0.25) is 0 Å². The van der Waals surface area contributed by atoms with E-state index in [4.69, 9.17) is 0 Å². The van der Waals surface area contributed by atoms with E-state index in [0.717, 1.165) is 0 Å². The van der Waals surface area contributed by atoms with Crippen LogP contribution in [0, 0.1) is 38.6 Å². The van der Waals surface area contributed by atoms with Gasteiger partial charge in [0.05, 0.1) is 0 Å². The summed E-state index contributed by atoms with van der Waals surface area (Å²) in [4.78, 5) is 0. The van der Waals surface area contributed by atoms with Crippen molar-refractivity contribution >= 4 is 37.2 Å². The summed E-state index contributed by atoms with van der Waals surface area (Å²) in [6, 6.07) is 0. The van der Waals surface area contributed by atoms with Crippen LogP contribution in [0.2, 0.25) is 0 Å². The van der Waals surface area contributed by atoms with E-state index in [2.05, 4.69) is 0 Å². The van der Waals surface area contributed by atoms with Crippen molar-refractivity contribution < 1.29 is 64.5 Å². The molecule has 0 atom stereocenters. The molecule has 2 radical (unpaired) electrons. The molecule has 0 saturated heterocycles. The fourth-order valence-corrected chi connectivity index (χ4v) is 0. The van der Waals surface area contributed by atoms with Crippen molar-refractivity contribution in [2.45, 2.75) is 0 Å². The molecule has 0 aliphatic heterocycles. The van der Waals surface area contributed by atoms with Crippen molar-refractivity contribution in [1.29, 1.82) is 0 Å². The molecule has 0 nitrogen and oxygen atoms in total. The molecule has 0 rings (SSSR count). The summed E-state index contributed by atoms with van der Waals surface area (Å²) in [5, 5.41) is 0. The third-order valence-corrected chi connectivity index (χ3v) is 0. The third kappa shape index (κ3) is 9.01. The molecule has 0 aromatic rings. The van der Waals surface area contributed by atoms with Gasteiger partial charge in [0.15, 0.2) is 17.4 Å². The SMILES string of the molecule is [AlH3].[GaH3].[Sc].[Tb]. The maximum atomic E-state index is 0. The third-order valence-electron chi connectivity index (χ3n) is 0. The Hall–Kier alpha value is 3.32. The minimum absolute atomic E-state index is 0. The van der Waals surface area contributed by atoms with Crippen LogP contribution in [0.3, 0.4) is 0 Å². The molecule has 0 amide bonds. The average Bonchev–Trinajstić information content (AvgIpc) is 0. The molecule has 24 valence electrons. The topological polar surface area (TPSA) is 0 Å². The first kappa shape index (κ1) is 26.5. The maximum absolute atomic E-state index is 0. The van der Waals surface area contributed by atoms with Crippen LogP contribution in [0.25, 0.3) is 0 Å². The van der Waals surface area contributed by atoms with Crippen LogP contribution in [0.1, 0.15) is 0 Å². The predicted octanol–water partition coefficient (Wildman–Crippen LogP) is -2.37. The van der Waals surface area contributed by atoms with Gasteiger partial charge in [0.1, 0.15) is 0 Å². The van der Waals surface area contributed by atoms with Crippen LogP contribution >= 0.6 is 0 Å². The van der Waals surface area contributed by atoms with E-state index in [0.29, 0.717) is 0 Å². The summed E-state index contributed by atoms with van der Waals surface area (Å²) in [6.07, 6.45) is 0. The second-order valence-corrected chi connectivity index (χ2v) is 0. The molecule has 0 N–H and O–H groups in total. The second kappa shape index (κ2) is 16.2. The maximum Gasteiger partial charge on any atom is 0 e. The largest absolute Gasteiger partial charge is 0 e. The summed E-state index contributed by atoms with van der Waals surface area (Å²) in [6.45, 7) is 0. The Balaban J connectivity index is 0. The summed E-state index contributed by atoms with van der Waals surface area (Å²) in [5.41, 5.74) is 0. The van der Waals surface area contributed by atoms with Crippen LogP contribution in [0.5, 0.6) is 0 Å². The van der Waals surface area contributed by atoms with Gasteiger partial charge in [0.25, 0.3) is 0 Å². The smallest absolute Gasteiger partial charge is 0 e. The first-order valence-electron chi connectivity index (χ1n) is 0. The van der Waals surface area contributed by atoms with Crippen molar-refractivity contribution in [2.75, 3.05) is 0 Å². The van der Waals surface area contributed by atoms with Crippen molar-refractivity contribution in [3.05, 3.63) is 0 Å². The molecule has 0 bridgehead atoms. The van der Waals surface area contributed by atoms with Crippen LogP contribution in [-0.2, 0) is 25.8 Å². The molecule has 4 heteroatoms. The Morgan fingerprint density at radius 1 is 1.00 bits per heavy atom. The fourth-order valence-electron chi connectivity index (χ4n) is 0. The molecule has 0 unspecified atom stereocenters. The van der Waals surface area contributed by atoms with Crippen molar-refractivity contribution in [3.63, 3.8) is 0 Å². The van der Waals surface area contributed by atoms with Gasteiger partial charge in [-0.05, 0) is 0 Å². The van der Waals surface area contributed by atoms with Gasteiger partial charge >= 0.3 is 19.8 Å². The van der Waals surface area contributed by atoms with E-state index in [1.807, 2.05) is 0 Å². The zero-order valence-electron chi connectivity index (χ0n) is 0.911. The van der Waals surface area contributed by atoms with E-state index < -0.39 is 0 Å². The fraction of sp³-hybridized carbons (Fsp3) is 0. The Morgan fingerprint density at radius 3 is 1.00 bits per heavy atom. The van der Waals surface area contributed by atoms with E-state index in [-0.39, 0.29) is 102 Å². The average molecular weight is 307 g/mol. The molecular formula is H6AlGaScTb.